The Balaban J connectivity index is 1.79. The van der Waals surface area contributed by atoms with Gasteiger partial charge in [0.05, 0.1) is 0 Å². The van der Waals surface area contributed by atoms with Gasteiger partial charge in [0, 0.05) is 20.8 Å². The van der Waals surface area contributed by atoms with Crippen LogP contribution in [0.5, 0.6) is 0 Å². The molecule has 0 heterocycles. The monoisotopic (exact) mass is 434 g/mol. The van der Waals surface area contributed by atoms with Crippen LogP contribution >= 0.6 is 8.81 Å². The first-order valence-corrected chi connectivity index (χ1v) is 12.2. The lowest BCUT2D eigenvalue weighted by Gasteiger charge is -2.36. The van der Waals surface area contributed by atoms with Gasteiger partial charge < -0.3 is 14.1 Å². The fourth-order valence-corrected chi connectivity index (χ4v) is 4.86. The smallest absolute Gasteiger partial charge is 0.401 e. The normalized spacial score (nSPS) is 11.8. The molecule has 31 heavy (non-hydrogen) atoms. The van der Waals surface area contributed by atoms with E-state index in [4.69, 9.17) is 9.10 Å². The molecule has 3 rings (SSSR count). The number of benzene rings is 3. The summed E-state index contributed by atoms with van der Waals surface area (Å²) < 4.78 is 11.0. The van der Waals surface area contributed by atoms with Crippen LogP contribution in [0, 0.1) is 0 Å². The SMILES string of the molecule is CCCCPOB(O)OCCCC(c1ccccc1)(c1ccccc1)c1ccccc1. The van der Waals surface area contributed by atoms with Crippen molar-refractivity contribution in [1.82, 2.24) is 0 Å². The Morgan fingerprint density at radius 1 is 0.774 bits per heavy atom. The largest absolute Gasteiger partial charge is 0.639 e. The van der Waals surface area contributed by atoms with Crippen molar-refractivity contribution in [2.75, 3.05) is 12.8 Å². The molecule has 1 unspecified atom stereocenters. The third kappa shape index (κ3) is 6.51. The van der Waals surface area contributed by atoms with Crippen LogP contribution in [0.3, 0.4) is 0 Å². The number of unbranched alkanes of at least 4 members (excludes halogenated alkanes) is 1. The van der Waals surface area contributed by atoms with E-state index in [0.717, 1.165) is 31.8 Å². The van der Waals surface area contributed by atoms with Crippen LogP contribution in [0.4, 0.5) is 0 Å². The first kappa shape index (κ1) is 23.7. The van der Waals surface area contributed by atoms with E-state index in [-0.39, 0.29) is 14.2 Å². The lowest BCUT2D eigenvalue weighted by Crippen LogP contribution is -2.30. The van der Waals surface area contributed by atoms with Crippen molar-refractivity contribution >= 4 is 16.1 Å². The van der Waals surface area contributed by atoms with Gasteiger partial charge in [0.15, 0.2) is 0 Å². The summed E-state index contributed by atoms with van der Waals surface area (Å²) in [6, 6.07) is 32.0. The van der Waals surface area contributed by atoms with E-state index in [2.05, 4.69) is 97.9 Å². The molecule has 3 aromatic carbocycles. The Morgan fingerprint density at radius 3 is 1.71 bits per heavy atom. The van der Waals surface area contributed by atoms with Gasteiger partial charge in [0.1, 0.15) is 0 Å². The van der Waals surface area contributed by atoms with Gasteiger partial charge in [0.2, 0.25) is 0 Å². The number of hydrogen-bond acceptors (Lipinski definition) is 3. The third-order valence-electron chi connectivity index (χ3n) is 5.57. The lowest BCUT2D eigenvalue weighted by atomic mass is 9.67. The molecule has 0 aliphatic rings. The van der Waals surface area contributed by atoms with E-state index < -0.39 is 7.32 Å². The summed E-state index contributed by atoms with van der Waals surface area (Å²) in [7, 11) is -0.866. The summed E-state index contributed by atoms with van der Waals surface area (Å²) >= 11 is 0. The van der Waals surface area contributed by atoms with Crippen molar-refractivity contribution in [2.24, 2.45) is 0 Å². The standard InChI is InChI=1S/C26H32BO3P/c1-2-3-22-31-30-27(28)29-21-13-20-26(23-14-7-4-8-15-23,24-16-9-5-10-17-24)25-18-11-6-12-19-25/h4-12,14-19,28,31H,2-3,13,20-22H2,1H3. The molecule has 0 saturated carbocycles. The molecule has 3 aromatic rings. The van der Waals surface area contributed by atoms with E-state index in [1.165, 1.54) is 16.7 Å². The van der Waals surface area contributed by atoms with Crippen LogP contribution in [0.1, 0.15) is 49.3 Å². The molecule has 5 heteroatoms. The Morgan fingerprint density at radius 2 is 1.26 bits per heavy atom. The van der Waals surface area contributed by atoms with Crippen LogP contribution in [0.25, 0.3) is 0 Å². The van der Waals surface area contributed by atoms with Crippen molar-refractivity contribution < 1.29 is 14.1 Å². The highest BCUT2D eigenvalue weighted by Gasteiger charge is 2.35. The summed E-state index contributed by atoms with van der Waals surface area (Å²) in [6.07, 6.45) is 4.86. The van der Waals surface area contributed by atoms with Gasteiger partial charge in [-0.25, -0.2) is 0 Å². The second-order valence-electron chi connectivity index (χ2n) is 7.65. The summed E-state index contributed by atoms with van der Waals surface area (Å²) in [5.74, 6) is 0. The molecule has 0 amide bonds. The minimum Gasteiger partial charge on any atom is -0.401 e. The molecule has 1 N–H and O–H groups in total. The van der Waals surface area contributed by atoms with Gasteiger partial charge in [-0.15, -0.1) is 0 Å². The molecule has 0 saturated heterocycles. The summed E-state index contributed by atoms with van der Waals surface area (Å²) in [6.45, 7) is 2.59. The third-order valence-corrected chi connectivity index (χ3v) is 6.50. The zero-order valence-electron chi connectivity index (χ0n) is 18.2. The average molecular weight is 434 g/mol. The maximum Gasteiger partial charge on any atom is 0.639 e. The molecule has 0 bridgehead atoms. The van der Waals surface area contributed by atoms with Crippen LogP contribution in [0.2, 0.25) is 0 Å². The van der Waals surface area contributed by atoms with Crippen molar-refractivity contribution in [1.29, 1.82) is 0 Å². The van der Waals surface area contributed by atoms with Crippen molar-refractivity contribution in [3.8, 4) is 0 Å². The molecule has 0 aliphatic heterocycles. The number of hydrogen-bond donors (Lipinski definition) is 1. The van der Waals surface area contributed by atoms with Crippen LogP contribution < -0.4 is 0 Å². The Hall–Kier alpha value is -1.97. The fourth-order valence-electron chi connectivity index (χ4n) is 4.04. The Bertz CT molecular complexity index is 765. The van der Waals surface area contributed by atoms with E-state index in [1.54, 1.807) is 0 Å². The van der Waals surface area contributed by atoms with Gasteiger partial charge in [0.25, 0.3) is 0 Å². The van der Waals surface area contributed by atoms with E-state index >= 15 is 0 Å². The average Bonchev–Trinajstić information content (AvgIpc) is 2.84. The second-order valence-corrected chi connectivity index (χ2v) is 8.67. The highest BCUT2D eigenvalue weighted by Crippen LogP contribution is 2.43. The topological polar surface area (TPSA) is 38.7 Å². The molecule has 0 aromatic heterocycles. The molecule has 0 radical (unpaired) electrons. The molecular weight excluding hydrogens is 402 g/mol. The number of rotatable bonds is 13. The summed E-state index contributed by atoms with van der Waals surface area (Å²) in [5, 5.41) is 9.99. The van der Waals surface area contributed by atoms with Crippen LogP contribution in [0.15, 0.2) is 91.0 Å². The quantitative estimate of drug-likeness (QED) is 0.151. The Kier molecular flexibility index (Phi) is 9.77. The maximum absolute atomic E-state index is 9.99. The molecule has 1 atom stereocenters. The molecular formula is C26H32BO3P. The van der Waals surface area contributed by atoms with E-state index in [0.29, 0.717) is 6.61 Å². The zero-order valence-corrected chi connectivity index (χ0v) is 19.2. The highest BCUT2D eigenvalue weighted by atomic mass is 31.1. The minimum absolute atomic E-state index is 0.278. The van der Waals surface area contributed by atoms with E-state index in [9.17, 15) is 5.02 Å². The predicted octanol–water partition coefficient (Wildman–Crippen LogP) is 6.21. The molecule has 162 valence electrons. The highest BCUT2D eigenvalue weighted by molar-refractivity contribution is 7.33. The van der Waals surface area contributed by atoms with Crippen molar-refractivity contribution in [3.63, 3.8) is 0 Å². The van der Waals surface area contributed by atoms with Gasteiger partial charge in [-0.1, -0.05) is 104 Å². The van der Waals surface area contributed by atoms with Crippen molar-refractivity contribution in [3.05, 3.63) is 108 Å². The fraction of sp³-hybridized carbons (Fsp3) is 0.308. The van der Waals surface area contributed by atoms with Gasteiger partial charge in [-0.05, 0) is 42.1 Å². The van der Waals surface area contributed by atoms with Crippen LogP contribution in [-0.2, 0) is 14.5 Å². The summed E-state index contributed by atoms with van der Waals surface area (Å²) in [4.78, 5) is 0. The first-order chi connectivity index (χ1) is 15.3. The lowest BCUT2D eigenvalue weighted by molar-refractivity contribution is 0.194. The maximum atomic E-state index is 9.99. The van der Waals surface area contributed by atoms with Gasteiger partial charge in [-0.3, -0.25) is 0 Å². The van der Waals surface area contributed by atoms with E-state index in [1.807, 2.05) is 0 Å². The predicted molar refractivity (Wildman–Crippen MR) is 132 cm³/mol. The van der Waals surface area contributed by atoms with Gasteiger partial charge in [-0.2, -0.15) is 0 Å². The first-order valence-electron chi connectivity index (χ1n) is 11.1. The zero-order chi connectivity index (χ0) is 21.8. The molecule has 0 spiro atoms. The second kappa shape index (κ2) is 12.8. The molecule has 0 fully saturated rings. The summed E-state index contributed by atoms with van der Waals surface area (Å²) in [5.41, 5.74) is 3.47. The van der Waals surface area contributed by atoms with Crippen LogP contribution in [-0.4, -0.2) is 25.1 Å². The Labute approximate surface area is 188 Å². The molecule has 0 aliphatic carbocycles. The molecule has 3 nitrogen and oxygen atoms in total. The van der Waals surface area contributed by atoms with Gasteiger partial charge >= 0.3 is 7.32 Å². The minimum atomic E-state index is -1.14. The van der Waals surface area contributed by atoms with Crippen molar-refractivity contribution in [2.45, 2.75) is 38.0 Å².